The van der Waals surface area contributed by atoms with Crippen LogP contribution in [0.3, 0.4) is 0 Å². The molecule has 0 aliphatic carbocycles. The lowest BCUT2D eigenvalue weighted by atomic mass is 10.1. The molecular formula is C10H26N3+. The van der Waals surface area contributed by atoms with E-state index in [4.69, 9.17) is 11.5 Å². The molecular weight excluding hydrogens is 162 g/mol. The van der Waals surface area contributed by atoms with Gasteiger partial charge in [0.05, 0.1) is 12.6 Å². The van der Waals surface area contributed by atoms with Crippen molar-refractivity contribution in [2.45, 2.75) is 51.6 Å². The fraction of sp³-hybridized carbons (Fsp3) is 1.00. The molecule has 3 nitrogen and oxygen atoms in total. The normalized spacial score (nSPS) is 13.6. The minimum Gasteiger partial charge on any atom is -0.344 e. The lowest BCUT2D eigenvalue weighted by molar-refractivity contribution is -0.683. The first-order valence-electron chi connectivity index (χ1n) is 5.45. The second-order valence-electron chi connectivity index (χ2n) is 4.10. The molecule has 0 aromatic heterocycles. The van der Waals surface area contributed by atoms with Crippen molar-refractivity contribution in [2.75, 3.05) is 13.1 Å². The Morgan fingerprint density at radius 2 is 1.77 bits per heavy atom. The molecule has 0 radical (unpaired) electrons. The Labute approximate surface area is 82.3 Å². The third-order valence-corrected chi connectivity index (χ3v) is 2.20. The van der Waals surface area contributed by atoms with Crippen molar-refractivity contribution in [3.8, 4) is 0 Å². The van der Waals surface area contributed by atoms with E-state index in [1.165, 1.54) is 13.0 Å². The minimum absolute atomic E-state index is 0.365. The van der Waals surface area contributed by atoms with E-state index in [2.05, 4.69) is 19.2 Å². The Morgan fingerprint density at radius 3 is 2.31 bits per heavy atom. The number of quaternary nitrogens is 1. The Balaban J connectivity index is 3.12. The summed E-state index contributed by atoms with van der Waals surface area (Å²) >= 11 is 0. The average Bonchev–Trinajstić information content (AvgIpc) is 2.08. The van der Waals surface area contributed by atoms with Crippen LogP contribution in [0.5, 0.6) is 0 Å². The summed E-state index contributed by atoms with van der Waals surface area (Å²) in [4.78, 5) is 0. The molecule has 80 valence electrons. The number of rotatable bonds is 8. The molecule has 0 heterocycles. The minimum atomic E-state index is 0.365. The van der Waals surface area contributed by atoms with Gasteiger partial charge in [-0.3, -0.25) is 0 Å². The van der Waals surface area contributed by atoms with Crippen molar-refractivity contribution in [2.24, 2.45) is 11.5 Å². The molecule has 0 saturated carbocycles. The fourth-order valence-corrected chi connectivity index (χ4v) is 1.36. The van der Waals surface area contributed by atoms with Gasteiger partial charge in [0.25, 0.3) is 0 Å². The second-order valence-corrected chi connectivity index (χ2v) is 4.10. The first-order valence-corrected chi connectivity index (χ1v) is 5.45. The van der Waals surface area contributed by atoms with Crippen LogP contribution in [0.15, 0.2) is 0 Å². The number of hydrogen-bond donors (Lipinski definition) is 3. The molecule has 6 N–H and O–H groups in total. The highest BCUT2D eigenvalue weighted by Gasteiger charge is 2.02. The number of nitrogens with two attached hydrogens (primary N) is 3. The van der Waals surface area contributed by atoms with Gasteiger partial charge in [0, 0.05) is 6.04 Å². The average molecular weight is 188 g/mol. The third kappa shape index (κ3) is 9.80. The van der Waals surface area contributed by atoms with Gasteiger partial charge in [-0.15, -0.1) is 0 Å². The summed E-state index contributed by atoms with van der Waals surface area (Å²) in [5, 5.41) is 2.36. The smallest absolute Gasteiger partial charge is 0.0802 e. The van der Waals surface area contributed by atoms with E-state index < -0.39 is 0 Å². The van der Waals surface area contributed by atoms with Gasteiger partial charge in [-0.25, -0.2) is 0 Å². The van der Waals surface area contributed by atoms with Gasteiger partial charge in [-0.05, 0) is 46.1 Å². The summed E-state index contributed by atoms with van der Waals surface area (Å²) in [6.45, 7) is 6.41. The molecule has 0 saturated heterocycles. The predicted octanol–water partition coefficient (Wildman–Crippen LogP) is -0.195. The molecule has 1 atom stereocenters. The summed E-state index contributed by atoms with van der Waals surface area (Å²) in [6.07, 6.45) is 4.51. The van der Waals surface area contributed by atoms with Crippen molar-refractivity contribution in [1.29, 1.82) is 0 Å². The van der Waals surface area contributed by atoms with E-state index in [1.54, 1.807) is 0 Å². The highest BCUT2D eigenvalue weighted by Crippen LogP contribution is 1.99. The lowest BCUT2D eigenvalue weighted by Gasteiger charge is -2.10. The Hall–Kier alpha value is -0.120. The molecule has 0 aliphatic heterocycles. The summed E-state index contributed by atoms with van der Waals surface area (Å²) in [7, 11) is 0. The van der Waals surface area contributed by atoms with Crippen LogP contribution in [0, 0.1) is 0 Å². The molecule has 0 spiro atoms. The Morgan fingerprint density at radius 1 is 1.15 bits per heavy atom. The molecule has 0 aliphatic rings. The van der Waals surface area contributed by atoms with Crippen LogP contribution in [0.25, 0.3) is 0 Å². The number of hydrogen-bond acceptors (Lipinski definition) is 2. The zero-order chi connectivity index (χ0) is 10.1. The SMILES string of the molecule is CC(C)[NH2+]CCCC(N)CCCN. The molecule has 13 heavy (non-hydrogen) atoms. The van der Waals surface area contributed by atoms with Gasteiger partial charge in [0.1, 0.15) is 0 Å². The van der Waals surface area contributed by atoms with Crippen LogP contribution in [0.1, 0.15) is 39.5 Å². The summed E-state index contributed by atoms with van der Waals surface area (Å²) < 4.78 is 0. The maximum Gasteiger partial charge on any atom is 0.0802 e. The lowest BCUT2D eigenvalue weighted by Crippen LogP contribution is -2.88. The summed E-state index contributed by atoms with van der Waals surface area (Å²) in [5.74, 6) is 0. The largest absolute Gasteiger partial charge is 0.344 e. The molecule has 0 bridgehead atoms. The second kappa shape index (κ2) is 8.48. The van der Waals surface area contributed by atoms with Crippen LogP contribution in [0.2, 0.25) is 0 Å². The van der Waals surface area contributed by atoms with Crippen molar-refractivity contribution in [1.82, 2.24) is 0 Å². The predicted molar refractivity (Wildman–Crippen MR) is 57.4 cm³/mol. The highest BCUT2D eigenvalue weighted by atomic mass is 14.9. The van der Waals surface area contributed by atoms with Gasteiger partial charge in [0.2, 0.25) is 0 Å². The molecule has 0 aromatic rings. The van der Waals surface area contributed by atoms with E-state index in [1.807, 2.05) is 0 Å². The fourth-order valence-electron chi connectivity index (χ4n) is 1.36. The van der Waals surface area contributed by atoms with Crippen LogP contribution >= 0.6 is 0 Å². The third-order valence-electron chi connectivity index (χ3n) is 2.20. The molecule has 3 heteroatoms. The molecule has 0 aromatic carbocycles. The van der Waals surface area contributed by atoms with Gasteiger partial charge < -0.3 is 16.8 Å². The Kier molecular flexibility index (Phi) is 8.40. The van der Waals surface area contributed by atoms with Crippen molar-refractivity contribution < 1.29 is 5.32 Å². The van der Waals surface area contributed by atoms with Gasteiger partial charge >= 0.3 is 0 Å². The zero-order valence-electron chi connectivity index (χ0n) is 9.13. The van der Waals surface area contributed by atoms with Crippen LogP contribution < -0.4 is 16.8 Å². The van der Waals surface area contributed by atoms with E-state index in [-0.39, 0.29) is 0 Å². The zero-order valence-corrected chi connectivity index (χ0v) is 9.13. The topological polar surface area (TPSA) is 68.6 Å². The Bertz CT molecular complexity index is 104. The molecule has 0 rings (SSSR count). The monoisotopic (exact) mass is 188 g/mol. The highest BCUT2D eigenvalue weighted by molar-refractivity contribution is 4.60. The van der Waals surface area contributed by atoms with Gasteiger partial charge in [-0.1, -0.05) is 0 Å². The molecule has 0 amide bonds. The maximum absolute atomic E-state index is 5.91. The summed E-state index contributed by atoms with van der Waals surface area (Å²) in [6, 6.07) is 1.07. The van der Waals surface area contributed by atoms with Crippen LogP contribution in [-0.2, 0) is 0 Å². The quantitative estimate of drug-likeness (QED) is 0.462. The van der Waals surface area contributed by atoms with Gasteiger partial charge in [0.15, 0.2) is 0 Å². The standard InChI is InChI=1S/C10H25N3/c1-9(2)13-8-4-6-10(12)5-3-7-11/h9-10,13H,3-8,11-12H2,1-2H3/p+1. The van der Waals surface area contributed by atoms with Crippen LogP contribution in [-0.4, -0.2) is 25.2 Å². The van der Waals surface area contributed by atoms with Crippen molar-refractivity contribution in [3.63, 3.8) is 0 Å². The molecule has 1 unspecified atom stereocenters. The van der Waals surface area contributed by atoms with E-state index in [0.717, 1.165) is 25.8 Å². The van der Waals surface area contributed by atoms with E-state index >= 15 is 0 Å². The molecule has 0 fully saturated rings. The van der Waals surface area contributed by atoms with Crippen molar-refractivity contribution in [3.05, 3.63) is 0 Å². The first kappa shape index (κ1) is 12.9. The van der Waals surface area contributed by atoms with Crippen molar-refractivity contribution >= 4 is 0 Å². The van der Waals surface area contributed by atoms with E-state index in [0.29, 0.717) is 12.1 Å². The first-order chi connectivity index (χ1) is 6.16. The van der Waals surface area contributed by atoms with E-state index in [9.17, 15) is 0 Å². The van der Waals surface area contributed by atoms with Gasteiger partial charge in [-0.2, -0.15) is 0 Å². The summed E-state index contributed by atoms with van der Waals surface area (Å²) in [5.41, 5.74) is 11.3. The maximum atomic E-state index is 5.91. The van der Waals surface area contributed by atoms with Crippen LogP contribution in [0.4, 0.5) is 0 Å².